The third-order valence-corrected chi connectivity index (χ3v) is 5.04. The molecule has 1 atom stereocenters. The zero-order chi connectivity index (χ0) is 15.6. The SMILES string of the molecule is C[C@H]1C(=O)NC=CCN1S(=O)(=O)c1ccc([N+](=O)[O-])cc1. The van der Waals surface area contributed by atoms with E-state index < -0.39 is 26.9 Å². The minimum Gasteiger partial charge on any atom is -0.332 e. The number of nitro benzene ring substituents is 1. The second kappa shape index (κ2) is 5.62. The topological polar surface area (TPSA) is 110 Å². The molecule has 1 aliphatic heterocycles. The normalized spacial score (nSPS) is 19.9. The highest BCUT2D eigenvalue weighted by atomic mass is 32.2. The van der Waals surface area contributed by atoms with Crippen LogP contribution in [0.2, 0.25) is 0 Å². The predicted octanol–water partition coefficient (Wildman–Crippen LogP) is 0.617. The summed E-state index contributed by atoms with van der Waals surface area (Å²) in [4.78, 5) is 21.6. The van der Waals surface area contributed by atoms with E-state index in [0.29, 0.717) is 0 Å². The second-order valence-electron chi connectivity index (χ2n) is 4.41. The zero-order valence-electron chi connectivity index (χ0n) is 11.1. The van der Waals surface area contributed by atoms with Crippen molar-refractivity contribution in [3.8, 4) is 0 Å². The van der Waals surface area contributed by atoms with Crippen molar-refractivity contribution in [3.05, 3.63) is 46.7 Å². The Morgan fingerprint density at radius 3 is 2.52 bits per heavy atom. The van der Waals surface area contributed by atoms with E-state index in [1.54, 1.807) is 0 Å². The number of hydrogen-bond acceptors (Lipinski definition) is 5. The van der Waals surface area contributed by atoms with Crippen molar-refractivity contribution >= 4 is 21.6 Å². The molecule has 21 heavy (non-hydrogen) atoms. The van der Waals surface area contributed by atoms with Crippen molar-refractivity contribution in [2.45, 2.75) is 17.9 Å². The Labute approximate surface area is 121 Å². The number of nitrogens with zero attached hydrogens (tertiary/aromatic N) is 2. The van der Waals surface area contributed by atoms with E-state index in [1.807, 2.05) is 0 Å². The lowest BCUT2D eigenvalue weighted by molar-refractivity contribution is -0.384. The number of rotatable bonds is 3. The number of amides is 1. The van der Waals surface area contributed by atoms with Crippen molar-refractivity contribution in [2.24, 2.45) is 0 Å². The van der Waals surface area contributed by atoms with Gasteiger partial charge in [-0.15, -0.1) is 0 Å². The highest BCUT2D eigenvalue weighted by molar-refractivity contribution is 7.89. The lowest BCUT2D eigenvalue weighted by Crippen LogP contribution is -2.45. The van der Waals surface area contributed by atoms with Crippen LogP contribution in [-0.2, 0) is 14.8 Å². The van der Waals surface area contributed by atoms with Crippen molar-refractivity contribution in [2.75, 3.05) is 6.54 Å². The third-order valence-electron chi connectivity index (χ3n) is 3.09. The number of sulfonamides is 1. The summed E-state index contributed by atoms with van der Waals surface area (Å²) in [6, 6.07) is 3.68. The van der Waals surface area contributed by atoms with Gasteiger partial charge in [-0.3, -0.25) is 14.9 Å². The van der Waals surface area contributed by atoms with Crippen LogP contribution in [0, 0.1) is 10.1 Å². The van der Waals surface area contributed by atoms with Crippen LogP contribution in [0.1, 0.15) is 6.92 Å². The fraction of sp³-hybridized carbons (Fsp3) is 0.250. The van der Waals surface area contributed by atoms with E-state index in [9.17, 15) is 23.3 Å². The molecule has 0 bridgehead atoms. The van der Waals surface area contributed by atoms with Gasteiger partial charge in [0.1, 0.15) is 6.04 Å². The Kier molecular flexibility index (Phi) is 4.05. The van der Waals surface area contributed by atoms with E-state index in [-0.39, 0.29) is 17.1 Å². The van der Waals surface area contributed by atoms with Crippen LogP contribution in [0.25, 0.3) is 0 Å². The van der Waals surface area contributed by atoms with E-state index in [1.165, 1.54) is 19.2 Å². The molecule has 0 radical (unpaired) electrons. The maximum absolute atomic E-state index is 12.5. The molecule has 1 amide bonds. The molecule has 0 aromatic heterocycles. The molecule has 0 unspecified atom stereocenters. The molecule has 0 saturated heterocycles. The highest BCUT2D eigenvalue weighted by Crippen LogP contribution is 2.22. The van der Waals surface area contributed by atoms with E-state index in [0.717, 1.165) is 28.6 Å². The summed E-state index contributed by atoms with van der Waals surface area (Å²) in [7, 11) is -3.91. The van der Waals surface area contributed by atoms with Crippen LogP contribution in [0.5, 0.6) is 0 Å². The number of nitro groups is 1. The smallest absolute Gasteiger partial charge is 0.269 e. The van der Waals surface area contributed by atoms with E-state index in [4.69, 9.17) is 0 Å². The third kappa shape index (κ3) is 2.93. The first kappa shape index (κ1) is 15.1. The molecule has 0 fully saturated rings. The van der Waals surface area contributed by atoms with Crippen molar-refractivity contribution in [1.82, 2.24) is 9.62 Å². The lowest BCUT2D eigenvalue weighted by atomic mass is 10.3. The predicted molar refractivity (Wildman–Crippen MR) is 73.7 cm³/mol. The maximum atomic E-state index is 12.5. The average Bonchev–Trinajstić information content (AvgIpc) is 2.62. The van der Waals surface area contributed by atoms with Crippen LogP contribution in [0.3, 0.4) is 0 Å². The van der Waals surface area contributed by atoms with Crippen molar-refractivity contribution in [3.63, 3.8) is 0 Å². The summed E-state index contributed by atoms with van der Waals surface area (Å²) in [6.07, 6.45) is 2.91. The van der Waals surface area contributed by atoms with Gasteiger partial charge in [0.05, 0.1) is 9.82 Å². The summed E-state index contributed by atoms with van der Waals surface area (Å²) >= 11 is 0. The van der Waals surface area contributed by atoms with Gasteiger partial charge in [-0.25, -0.2) is 8.42 Å². The van der Waals surface area contributed by atoms with Gasteiger partial charge >= 0.3 is 0 Å². The zero-order valence-corrected chi connectivity index (χ0v) is 11.9. The standard InChI is InChI=1S/C12H13N3O5S/c1-9-12(16)13-7-2-8-14(9)21(19,20)11-5-3-10(4-6-11)15(17)18/h2-7,9H,8H2,1H3,(H,13,16)/t9-/m0/s1. The first-order valence-electron chi connectivity index (χ1n) is 6.05. The summed E-state index contributed by atoms with van der Waals surface area (Å²) in [5.74, 6) is -0.436. The molecule has 0 saturated carbocycles. The first-order chi connectivity index (χ1) is 9.84. The monoisotopic (exact) mass is 311 g/mol. The van der Waals surface area contributed by atoms with Crippen LogP contribution in [0.15, 0.2) is 41.4 Å². The lowest BCUT2D eigenvalue weighted by Gasteiger charge is -2.24. The highest BCUT2D eigenvalue weighted by Gasteiger charge is 2.33. The Hall–Kier alpha value is -2.26. The Bertz CT molecular complexity index is 696. The van der Waals surface area contributed by atoms with Crippen LogP contribution in [-0.4, -0.2) is 36.1 Å². The molecule has 1 aliphatic rings. The van der Waals surface area contributed by atoms with Crippen molar-refractivity contribution in [1.29, 1.82) is 0 Å². The van der Waals surface area contributed by atoms with Gasteiger partial charge in [-0.1, -0.05) is 6.08 Å². The van der Waals surface area contributed by atoms with Gasteiger partial charge in [0, 0.05) is 24.9 Å². The molecule has 0 aliphatic carbocycles. The molecule has 1 heterocycles. The average molecular weight is 311 g/mol. The van der Waals surface area contributed by atoms with Gasteiger partial charge in [-0.2, -0.15) is 4.31 Å². The maximum Gasteiger partial charge on any atom is 0.269 e. The number of nitrogens with one attached hydrogen (secondary N) is 1. The van der Waals surface area contributed by atoms with E-state index >= 15 is 0 Å². The summed E-state index contributed by atoms with van der Waals surface area (Å²) in [6.45, 7) is 1.52. The summed E-state index contributed by atoms with van der Waals surface area (Å²) in [5, 5.41) is 13.0. The molecule has 8 nitrogen and oxygen atoms in total. The molecule has 2 rings (SSSR count). The van der Waals surface area contributed by atoms with Gasteiger partial charge < -0.3 is 5.32 Å². The minimum absolute atomic E-state index is 0.0409. The molecule has 1 aromatic rings. The molecule has 1 aromatic carbocycles. The summed E-state index contributed by atoms with van der Waals surface area (Å²) in [5.41, 5.74) is -0.199. The number of benzene rings is 1. The molecule has 0 spiro atoms. The van der Waals surface area contributed by atoms with Crippen LogP contribution < -0.4 is 5.32 Å². The molecular weight excluding hydrogens is 298 g/mol. The van der Waals surface area contributed by atoms with Crippen LogP contribution in [0.4, 0.5) is 5.69 Å². The van der Waals surface area contributed by atoms with E-state index in [2.05, 4.69) is 5.32 Å². The minimum atomic E-state index is -3.91. The number of non-ortho nitro benzene ring substituents is 1. The molecule has 9 heteroatoms. The van der Waals surface area contributed by atoms with Gasteiger partial charge in [-0.05, 0) is 19.1 Å². The largest absolute Gasteiger partial charge is 0.332 e. The van der Waals surface area contributed by atoms with Gasteiger partial charge in [0.15, 0.2) is 0 Å². The van der Waals surface area contributed by atoms with Gasteiger partial charge in [0.2, 0.25) is 15.9 Å². The number of carbonyl (C=O) groups is 1. The summed E-state index contributed by atoms with van der Waals surface area (Å²) < 4.78 is 26.1. The molecule has 1 N–H and O–H groups in total. The van der Waals surface area contributed by atoms with Gasteiger partial charge in [0.25, 0.3) is 5.69 Å². The quantitative estimate of drug-likeness (QED) is 0.650. The number of carbonyl (C=O) groups excluding carboxylic acids is 1. The Morgan fingerprint density at radius 2 is 1.95 bits per heavy atom. The fourth-order valence-electron chi connectivity index (χ4n) is 1.89. The fourth-order valence-corrected chi connectivity index (χ4v) is 3.43. The Morgan fingerprint density at radius 1 is 1.33 bits per heavy atom. The molecule has 112 valence electrons. The van der Waals surface area contributed by atoms with Crippen molar-refractivity contribution < 1.29 is 18.1 Å². The molecular formula is C12H13N3O5S. The van der Waals surface area contributed by atoms with Crippen LogP contribution >= 0.6 is 0 Å². The first-order valence-corrected chi connectivity index (χ1v) is 7.50. The Balaban J connectivity index is 2.38. The number of hydrogen-bond donors (Lipinski definition) is 1. The second-order valence-corrected chi connectivity index (χ2v) is 6.30.